The Bertz CT molecular complexity index is 1480. The molecule has 1 aliphatic heterocycles. The highest BCUT2D eigenvalue weighted by molar-refractivity contribution is 6.30. The summed E-state index contributed by atoms with van der Waals surface area (Å²) >= 11 is 6.24. The zero-order chi connectivity index (χ0) is 26.2. The molecule has 0 radical (unpaired) electrons. The number of nitrogens with one attached hydrogen (secondary N) is 3. The molecule has 8 heteroatoms. The molecule has 38 heavy (non-hydrogen) atoms. The lowest BCUT2D eigenvalue weighted by atomic mass is 9.87. The topological polar surface area (TPSA) is 97.5 Å². The van der Waals surface area contributed by atoms with Gasteiger partial charge in [-0.3, -0.25) is 19.7 Å². The lowest BCUT2D eigenvalue weighted by Crippen LogP contribution is -2.53. The Labute approximate surface area is 225 Å². The number of carbonyl (C=O) groups excluding carboxylic acids is 2. The number of hydroxylamine groups is 1. The van der Waals surface area contributed by atoms with Gasteiger partial charge in [-0.05, 0) is 72.2 Å². The SMILES string of the molecule is O=C(NO)c1ccc(CNC(=O)[C@H]2Cc3c([nH]c4ccccc34)[C@H](c3ccc(Cl)cc3)N2CC2CC2)cc1. The smallest absolute Gasteiger partial charge is 0.274 e. The average molecular weight is 529 g/mol. The summed E-state index contributed by atoms with van der Waals surface area (Å²) in [6.07, 6.45) is 2.99. The first-order valence-corrected chi connectivity index (χ1v) is 13.3. The Morgan fingerprint density at radius 3 is 2.45 bits per heavy atom. The van der Waals surface area contributed by atoms with E-state index in [1.165, 1.54) is 18.4 Å². The van der Waals surface area contributed by atoms with Gasteiger partial charge in [-0.15, -0.1) is 0 Å². The minimum absolute atomic E-state index is 0.0160. The van der Waals surface area contributed by atoms with Gasteiger partial charge >= 0.3 is 0 Å². The van der Waals surface area contributed by atoms with E-state index in [0.29, 0.717) is 29.5 Å². The second kappa shape index (κ2) is 10.3. The van der Waals surface area contributed by atoms with Crippen molar-refractivity contribution in [3.8, 4) is 0 Å². The first-order valence-electron chi connectivity index (χ1n) is 12.9. The molecule has 1 aliphatic carbocycles. The second-order valence-corrected chi connectivity index (χ2v) is 10.7. The number of para-hydroxylation sites is 1. The molecule has 2 aliphatic rings. The van der Waals surface area contributed by atoms with Crippen LogP contribution < -0.4 is 10.8 Å². The molecule has 2 heterocycles. The third-order valence-electron chi connectivity index (χ3n) is 7.69. The van der Waals surface area contributed by atoms with Gasteiger partial charge in [0.05, 0.1) is 12.1 Å². The van der Waals surface area contributed by atoms with Gasteiger partial charge in [-0.25, -0.2) is 5.48 Å². The first kappa shape index (κ1) is 24.7. The number of halogens is 1. The lowest BCUT2D eigenvalue weighted by Gasteiger charge is -2.41. The van der Waals surface area contributed by atoms with Crippen molar-refractivity contribution < 1.29 is 14.8 Å². The van der Waals surface area contributed by atoms with Crippen LogP contribution in [0.5, 0.6) is 0 Å². The third kappa shape index (κ3) is 4.80. The molecule has 1 saturated carbocycles. The maximum absolute atomic E-state index is 13.8. The summed E-state index contributed by atoms with van der Waals surface area (Å²) in [4.78, 5) is 31.5. The highest BCUT2D eigenvalue weighted by Crippen LogP contribution is 2.43. The van der Waals surface area contributed by atoms with Crippen LogP contribution in [-0.4, -0.2) is 39.5 Å². The van der Waals surface area contributed by atoms with Gasteiger partial charge in [0.1, 0.15) is 0 Å². The van der Waals surface area contributed by atoms with Crippen LogP contribution in [0.25, 0.3) is 10.9 Å². The first-order chi connectivity index (χ1) is 18.5. The number of benzene rings is 3. The molecular formula is C30H29ClN4O3. The van der Waals surface area contributed by atoms with Gasteiger partial charge in [-0.2, -0.15) is 0 Å². The van der Waals surface area contributed by atoms with E-state index in [-0.39, 0.29) is 18.0 Å². The Kier molecular flexibility index (Phi) is 6.66. The van der Waals surface area contributed by atoms with E-state index in [4.69, 9.17) is 16.8 Å². The van der Waals surface area contributed by atoms with E-state index >= 15 is 0 Å². The summed E-state index contributed by atoms with van der Waals surface area (Å²) in [5.41, 5.74) is 7.38. The fourth-order valence-corrected chi connectivity index (χ4v) is 5.68. The molecule has 2 amide bonds. The fraction of sp³-hybridized carbons (Fsp3) is 0.267. The molecule has 0 saturated heterocycles. The number of rotatable bonds is 7. The van der Waals surface area contributed by atoms with E-state index in [2.05, 4.69) is 39.5 Å². The van der Waals surface area contributed by atoms with E-state index in [1.807, 2.05) is 24.3 Å². The molecule has 0 unspecified atom stereocenters. The van der Waals surface area contributed by atoms with E-state index in [9.17, 15) is 9.59 Å². The molecule has 4 N–H and O–H groups in total. The Morgan fingerprint density at radius 2 is 1.74 bits per heavy atom. The zero-order valence-electron chi connectivity index (χ0n) is 20.8. The monoisotopic (exact) mass is 528 g/mol. The number of carbonyl (C=O) groups is 2. The molecule has 0 bridgehead atoms. The number of fused-ring (bicyclic) bond motifs is 3. The van der Waals surface area contributed by atoms with Gasteiger partial charge in [-0.1, -0.05) is 54.1 Å². The maximum Gasteiger partial charge on any atom is 0.274 e. The van der Waals surface area contributed by atoms with Gasteiger partial charge < -0.3 is 10.3 Å². The van der Waals surface area contributed by atoms with Crippen LogP contribution in [0.1, 0.15) is 51.6 Å². The van der Waals surface area contributed by atoms with Crippen LogP contribution in [0.2, 0.25) is 5.02 Å². The highest BCUT2D eigenvalue weighted by Gasteiger charge is 2.42. The molecule has 0 spiro atoms. The summed E-state index contributed by atoms with van der Waals surface area (Å²) in [6.45, 7) is 1.20. The van der Waals surface area contributed by atoms with Crippen LogP contribution in [-0.2, 0) is 17.8 Å². The minimum Gasteiger partial charge on any atom is -0.357 e. The number of nitrogens with zero attached hydrogens (tertiary/aromatic N) is 1. The third-order valence-corrected chi connectivity index (χ3v) is 7.94. The van der Waals surface area contributed by atoms with E-state index < -0.39 is 5.91 Å². The van der Waals surface area contributed by atoms with E-state index in [1.54, 1.807) is 29.7 Å². The van der Waals surface area contributed by atoms with E-state index in [0.717, 1.165) is 34.3 Å². The number of aromatic amines is 1. The van der Waals surface area contributed by atoms with Crippen molar-refractivity contribution in [2.24, 2.45) is 5.92 Å². The molecule has 1 fully saturated rings. The Hall–Kier alpha value is -3.65. The number of amides is 2. The molecule has 2 atom stereocenters. The Balaban J connectivity index is 1.33. The minimum atomic E-state index is -0.568. The highest BCUT2D eigenvalue weighted by atomic mass is 35.5. The molecular weight excluding hydrogens is 500 g/mol. The van der Waals surface area contributed by atoms with Crippen molar-refractivity contribution in [1.29, 1.82) is 0 Å². The maximum atomic E-state index is 13.8. The van der Waals surface area contributed by atoms with Crippen LogP contribution in [0.4, 0.5) is 0 Å². The van der Waals surface area contributed by atoms with Crippen LogP contribution in [0.3, 0.4) is 0 Å². The lowest BCUT2D eigenvalue weighted by molar-refractivity contribution is -0.127. The molecule has 194 valence electrons. The molecule has 7 nitrogen and oxygen atoms in total. The zero-order valence-corrected chi connectivity index (χ0v) is 21.5. The summed E-state index contributed by atoms with van der Waals surface area (Å²) in [7, 11) is 0. The number of aromatic nitrogens is 1. The molecule has 6 rings (SSSR count). The second-order valence-electron chi connectivity index (χ2n) is 10.2. The predicted octanol–water partition coefficient (Wildman–Crippen LogP) is 4.98. The van der Waals surface area contributed by atoms with Gasteiger partial charge in [0.15, 0.2) is 0 Å². The number of hydrogen-bond acceptors (Lipinski definition) is 4. The van der Waals surface area contributed by atoms with Crippen LogP contribution in [0.15, 0.2) is 72.8 Å². The van der Waals surface area contributed by atoms with Crippen molar-refractivity contribution in [1.82, 2.24) is 20.7 Å². The Morgan fingerprint density at radius 1 is 1.00 bits per heavy atom. The number of H-pyrrole nitrogens is 1. The summed E-state index contributed by atoms with van der Waals surface area (Å²) < 4.78 is 0. The summed E-state index contributed by atoms with van der Waals surface area (Å²) in [5, 5.41) is 13.8. The van der Waals surface area contributed by atoms with Gasteiger partial charge in [0.2, 0.25) is 5.91 Å². The van der Waals surface area contributed by atoms with Crippen molar-refractivity contribution in [2.45, 2.75) is 37.9 Å². The van der Waals surface area contributed by atoms with Crippen molar-refractivity contribution in [3.63, 3.8) is 0 Å². The average Bonchev–Trinajstić information content (AvgIpc) is 3.69. The normalized spacial score (nSPS) is 19.2. The van der Waals surface area contributed by atoms with Crippen molar-refractivity contribution in [2.75, 3.05) is 6.54 Å². The van der Waals surface area contributed by atoms with Crippen LogP contribution in [0, 0.1) is 5.92 Å². The predicted molar refractivity (Wildman–Crippen MR) is 146 cm³/mol. The van der Waals surface area contributed by atoms with Gasteiger partial charge in [0.25, 0.3) is 5.91 Å². The summed E-state index contributed by atoms with van der Waals surface area (Å²) in [6, 6.07) is 22.6. The molecule has 3 aromatic carbocycles. The quantitative estimate of drug-likeness (QED) is 0.201. The van der Waals surface area contributed by atoms with Gasteiger partial charge in [0, 0.05) is 40.3 Å². The standard InChI is InChI=1S/C30H29ClN4O3/c31-22-13-11-20(12-14-22)28-27-24(23-3-1-2-4-25(23)33-27)15-26(35(28)17-19-5-6-19)30(37)32-16-18-7-9-21(10-8-18)29(36)34-38/h1-4,7-14,19,26,28,33,38H,5-6,15-17H2,(H,32,37)(H,34,36)/t26-,28+/m1/s1. The van der Waals surface area contributed by atoms with Crippen LogP contribution >= 0.6 is 11.6 Å². The molecule has 1 aromatic heterocycles. The number of hydrogen-bond donors (Lipinski definition) is 4. The molecule has 4 aromatic rings. The largest absolute Gasteiger partial charge is 0.357 e. The van der Waals surface area contributed by atoms with Crippen molar-refractivity contribution >= 4 is 34.3 Å². The van der Waals surface area contributed by atoms with Crippen molar-refractivity contribution in [3.05, 3.63) is 106 Å². The summed E-state index contributed by atoms with van der Waals surface area (Å²) in [5.74, 6) is 0.00949. The fourth-order valence-electron chi connectivity index (χ4n) is 5.55.